The first-order valence-electron chi connectivity index (χ1n) is 6.51. The summed E-state index contributed by atoms with van der Waals surface area (Å²) in [6, 6.07) is 9.45. The molecule has 1 aromatic carbocycles. The molecule has 0 radical (unpaired) electrons. The summed E-state index contributed by atoms with van der Waals surface area (Å²) in [5.74, 6) is -1.05. The first-order valence-corrected chi connectivity index (χ1v) is 8.12. The number of nitrogens with zero attached hydrogens (tertiary/aromatic N) is 1. The molecular weight excluding hydrogens is 278 g/mol. The fourth-order valence-electron chi connectivity index (χ4n) is 2.36. The van der Waals surface area contributed by atoms with Crippen molar-refractivity contribution in [2.45, 2.75) is 19.8 Å². The van der Waals surface area contributed by atoms with Gasteiger partial charge in [0.1, 0.15) is 0 Å². The highest BCUT2D eigenvalue weighted by atomic mass is 32.2. The molecule has 110 valence electrons. The van der Waals surface area contributed by atoms with Gasteiger partial charge in [-0.3, -0.25) is 4.79 Å². The van der Waals surface area contributed by atoms with Crippen molar-refractivity contribution in [2.24, 2.45) is 5.41 Å². The van der Waals surface area contributed by atoms with Crippen LogP contribution < -0.4 is 0 Å². The third kappa shape index (κ3) is 2.86. The molecule has 0 aliphatic carbocycles. The molecule has 0 bridgehead atoms. The maximum Gasteiger partial charge on any atom is 0.312 e. The maximum atomic E-state index is 12.2. The molecule has 0 spiro atoms. The minimum atomic E-state index is -3.41. The molecule has 5 nitrogen and oxygen atoms in total. The molecule has 20 heavy (non-hydrogen) atoms. The Kier molecular flexibility index (Phi) is 3.88. The van der Waals surface area contributed by atoms with E-state index in [1.165, 1.54) is 4.31 Å². The quantitative estimate of drug-likeness (QED) is 0.894. The summed E-state index contributed by atoms with van der Waals surface area (Å²) in [6.07, 6.45) is 0. The van der Waals surface area contributed by atoms with Gasteiger partial charge in [0.2, 0.25) is 10.0 Å². The van der Waals surface area contributed by atoms with Crippen molar-refractivity contribution in [1.82, 2.24) is 4.31 Å². The van der Waals surface area contributed by atoms with Gasteiger partial charge in [-0.05, 0) is 18.4 Å². The van der Waals surface area contributed by atoms with E-state index in [0.29, 0.717) is 0 Å². The summed E-state index contributed by atoms with van der Waals surface area (Å²) < 4.78 is 25.7. The number of carboxylic acid groups (broad SMARTS) is 1. The van der Waals surface area contributed by atoms with Crippen LogP contribution in [0.25, 0.3) is 0 Å². The van der Waals surface area contributed by atoms with Gasteiger partial charge in [-0.1, -0.05) is 37.3 Å². The zero-order valence-electron chi connectivity index (χ0n) is 11.6. The second-order valence-electron chi connectivity index (χ2n) is 5.72. The van der Waals surface area contributed by atoms with Crippen LogP contribution in [-0.4, -0.2) is 42.6 Å². The van der Waals surface area contributed by atoms with E-state index in [-0.39, 0.29) is 24.8 Å². The Morgan fingerprint density at radius 3 is 2.40 bits per heavy atom. The van der Waals surface area contributed by atoms with Crippen molar-refractivity contribution in [1.29, 1.82) is 0 Å². The predicted molar refractivity (Wildman–Crippen MR) is 76.0 cm³/mol. The van der Waals surface area contributed by atoms with Crippen molar-refractivity contribution in [3.63, 3.8) is 0 Å². The number of hydrogen-bond acceptors (Lipinski definition) is 3. The largest absolute Gasteiger partial charge is 0.481 e. The minimum Gasteiger partial charge on any atom is -0.481 e. The molecule has 6 heteroatoms. The van der Waals surface area contributed by atoms with Crippen molar-refractivity contribution < 1.29 is 18.3 Å². The first-order chi connectivity index (χ1) is 9.24. The van der Waals surface area contributed by atoms with Crippen molar-refractivity contribution in [3.05, 3.63) is 35.9 Å². The number of benzene rings is 1. The van der Waals surface area contributed by atoms with Crippen LogP contribution in [0.5, 0.6) is 0 Å². The van der Waals surface area contributed by atoms with Crippen molar-refractivity contribution >= 4 is 16.0 Å². The van der Waals surface area contributed by atoms with Gasteiger partial charge in [0.05, 0.1) is 11.2 Å². The van der Waals surface area contributed by atoms with E-state index >= 15 is 0 Å². The Bertz CT molecular complexity index is 591. The second-order valence-corrected chi connectivity index (χ2v) is 7.74. The highest BCUT2D eigenvalue weighted by Gasteiger charge is 2.50. The predicted octanol–water partition coefficient (Wildman–Crippen LogP) is 1.53. The van der Waals surface area contributed by atoms with Crippen LogP contribution in [0.3, 0.4) is 0 Å². The van der Waals surface area contributed by atoms with Crippen LogP contribution in [0, 0.1) is 5.41 Å². The smallest absolute Gasteiger partial charge is 0.312 e. The van der Waals surface area contributed by atoms with Gasteiger partial charge in [-0.25, -0.2) is 8.42 Å². The van der Waals surface area contributed by atoms with Crippen LogP contribution >= 0.6 is 0 Å². The van der Waals surface area contributed by atoms with Gasteiger partial charge in [-0.2, -0.15) is 4.31 Å². The van der Waals surface area contributed by atoms with Crippen LogP contribution in [0.2, 0.25) is 0 Å². The number of aliphatic carboxylic acids is 1. The molecule has 2 rings (SSSR count). The maximum absolute atomic E-state index is 12.2. The monoisotopic (exact) mass is 297 g/mol. The zero-order valence-corrected chi connectivity index (χ0v) is 12.4. The zero-order chi connectivity index (χ0) is 15.0. The Balaban J connectivity index is 2.02. The highest BCUT2D eigenvalue weighted by Crippen LogP contribution is 2.33. The molecule has 1 aliphatic heterocycles. The van der Waals surface area contributed by atoms with E-state index < -0.39 is 21.4 Å². The first kappa shape index (κ1) is 15.0. The molecular formula is C14H19NO4S. The summed E-state index contributed by atoms with van der Waals surface area (Å²) in [4.78, 5) is 11.0. The van der Waals surface area contributed by atoms with Gasteiger partial charge in [0, 0.05) is 13.1 Å². The van der Waals surface area contributed by atoms with E-state index in [1.807, 2.05) is 37.3 Å². The summed E-state index contributed by atoms with van der Waals surface area (Å²) >= 11 is 0. The highest BCUT2D eigenvalue weighted by molar-refractivity contribution is 7.89. The molecule has 1 fully saturated rings. The lowest BCUT2D eigenvalue weighted by Crippen LogP contribution is -2.61. The van der Waals surface area contributed by atoms with Gasteiger partial charge in [0.15, 0.2) is 0 Å². The Morgan fingerprint density at radius 1 is 1.35 bits per heavy atom. The third-order valence-corrected chi connectivity index (χ3v) is 5.76. The third-order valence-electron chi connectivity index (χ3n) is 3.79. The number of sulfonamides is 1. The van der Waals surface area contributed by atoms with Gasteiger partial charge >= 0.3 is 5.97 Å². The fraction of sp³-hybridized carbons (Fsp3) is 0.500. The van der Waals surface area contributed by atoms with Crippen LogP contribution in [0.15, 0.2) is 30.3 Å². The summed E-state index contributed by atoms with van der Waals surface area (Å²) in [7, 11) is -3.41. The Labute approximate surface area is 119 Å². The lowest BCUT2D eigenvalue weighted by Gasteiger charge is -2.43. The molecule has 1 atom stereocenters. The van der Waals surface area contributed by atoms with Gasteiger partial charge in [-0.15, -0.1) is 0 Å². The van der Waals surface area contributed by atoms with E-state index in [9.17, 15) is 13.2 Å². The van der Waals surface area contributed by atoms with Gasteiger partial charge < -0.3 is 5.11 Å². The van der Waals surface area contributed by atoms with E-state index in [2.05, 4.69) is 0 Å². The normalized spacial score (nSPS) is 20.1. The van der Waals surface area contributed by atoms with E-state index in [1.54, 1.807) is 6.92 Å². The molecule has 1 saturated heterocycles. The lowest BCUT2D eigenvalue weighted by atomic mass is 9.84. The topological polar surface area (TPSA) is 74.7 Å². The van der Waals surface area contributed by atoms with Gasteiger partial charge in [0.25, 0.3) is 0 Å². The Morgan fingerprint density at radius 2 is 1.90 bits per heavy atom. The molecule has 1 aliphatic rings. The van der Waals surface area contributed by atoms with Crippen LogP contribution in [0.1, 0.15) is 25.3 Å². The molecule has 1 aromatic rings. The second kappa shape index (κ2) is 5.18. The van der Waals surface area contributed by atoms with Crippen LogP contribution in [-0.2, 0) is 14.8 Å². The molecule has 0 aromatic heterocycles. The molecule has 0 saturated carbocycles. The number of hydrogen-bond donors (Lipinski definition) is 1. The molecule has 1 unspecified atom stereocenters. The SMILES string of the molecule is CC(CS(=O)(=O)N1CC(C)(C(=O)O)C1)c1ccccc1. The van der Waals surface area contributed by atoms with E-state index in [4.69, 9.17) is 5.11 Å². The van der Waals surface area contributed by atoms with Crippen LogP contribution in [0.4, 0.5) is 0 Å². The van der Waals surface area contributed by atoms with Crippen molar-refractivity contribution in [3.8, 4) is 0 Å². The van der Waals surface area contributed by atoms with Crippen molar-refractivity contribution in [2.75, 3.05) is 18.8 Å². The number of rotatable bonds is 5. The fourth-order valence-corrected chi connectivity index (χ4v) is 4.36. The van der Waals surface area contributed by atoms with E-state index in [0.717, 1.165) is 5.56 Å². The molecule has 1 heterocycles. The Hall–Kier alpha value is -1.40. The lowest BCUT2D eigenvalue weighted by molar-refractivity contribution is -0.154. The number of carboxylic acids is 1. The number of carbonyl (C=O) groups is 1. The summed E-state index contributed by atoms with van der Waals surface area (Å²) in [6.45, 7) is 3.56. The average Bonchev–Trinajstić information content (AvgIpc) is 2.35. The summed E-state index contributed by atoms with van der Waals surface area (Å²) in [5, 5.41) is 9.01. The minimum absolute atomic E-state index is 0.00666. The standard InChI is InChI=1S/C14H19NO4S/c1-11(12-6-4-3-5-7-12)8-20(18,19)15-9-14(2,10-15)13(16)17/h3-7,11H,8-10H2,1-2H3,(H,16,17). The summed E-state index contributed by atoms with van der Waals surface area (Å²) in [5.41, 5.74) is 0.0286. The molecule has 0 amide bonds. The molecule has 1 N–H and O–H groups in total. The average molecular weight is 297 g/mol.